The molecule has 15 heavy (non-hydrogen) atoms. The van der Waals surface area contributed by atoms with Gasteiger partial charge in [0, 0.05) is 24.0 Å². The van der Waals surface area contributed by atoms with Gasteiger partial charge in [0.1, 0.15) is 0 Å². The number of ketones is 1. The molecule has 0 atom stereocenters. The molecule has 78 valence electrons. The van der Waals surface area contributed by atoms with Gasteiger partial charge < -0.3 is 4.74 Å². The van der Waals surface area contributed by atoms with Crippen molar-refractivity contribution in [3.63, 3.8) is 0 Å². The summed E-state index contributed by atoms with van der Waals surface area (Å²) in [5.74, 6) is -0.501. The molecule has 0 aliphatic heterocycles. The summed E-state index contributed by atoms with van der Waals surface area (Å²) in [4.78, 5) is 25.7. The van der Waals surface area contributed by atoms with Crippen molar-refractivity contribution < 1.29 is 14.3 Å². The maximum Gasteiger partial charge on any atom is 0.330 e. The first-order valence-electron chi connectivity index (χ1n) is 4.35. The maximum absolute atomic E-state index is 11.0. The minimum atomic E-state index is -0.441. The molecular weight excluding hydrogens is 194 g/mol. The van der Waals surface area contributed by atoms with E-state index in [0.717, 1.165) is 0 Å². The number of aromatic nitrogens is 1. The van der Waals surface area contributed by atoms with Gasteiger partial charge in [-0.1, -0.05) is 0 Å². The van der Waals surface area contributed by atoms with Gasteiger partial charge in [0.2, 0.25) is 0 Å². The fourth-order valence-electron chi connectivity index (χ4n) is 0.974. The Labute approximate surface area is 87.6 Å². The highest BCUT2D eigenvalue weighted by Gasteiger charge is 1.99. The molecule has 4 heteroatoms. The van der Waals surface area contributed by atoms with Crippen molar-refractivity contribution in [2.45, 2.75) is 6.92 Å². The Morgan fingerprint density at radius 2 is 2.13 bits per heavy atom. The fourth-order valence-corrected chi connectivity index (χ4v) is 0.974. The zero-order chi connectivity index (χ0) is 11.3. The first-order chi connectivity index (χ1) is 7.13. The molecule has 0 unspecified atom stereocenters. The molecule has 0 amide bonds. The Kier molecular flexibility index (Phi) is 3.74. The minimum absolute atomic E-state index is 0.0594. The first kappa shape index (κ1) is 11.1. The van der Waals surface area contributed by atoms with Crippen LogP contribution in [0.15, 0.2) is 24.5 Å². The summed E-state index contributed by atoms with van der Waals surface area (Å²) in [6.07, 6.45) is 5.87. The van der Waals surface area contributed by atoms with E-state index in [-0.39, 0.29) is 5.78 Å². The maximum atomic E-state index is 11.0. The Balaban J connectivity index is 2.87. The van der Waals surface area contributed by atoms with E-state index < -0.39 is 5.97 Å². The third kappa shape index (κ3) is 3.34. The number of pyridine rings is 1. The SMILES string of the molecule is COC(=O)C=Cc1cncc(C(C)=O)c1. The van der Waals surface area contributed by atoms with Gasteiger partial charge in [0.05, 0.1) is 7.11 Å². The lowest BCUT2D eigenvalue weighted by Gasteiger charge is -1.96. The predicted molar refractivity (Wildman–Crippen MR) is 55.3 cm³/mol. The Morgan fingerprint density at radius 3 is 2.73 bits per heavy atom. The van der Waals surface area contributed by atoms with E-state index in [1.165, 1.54) is 26.3 Å². The Hall–Kier alpha value is -1.97. The second-order valence-electron chi connectivity index (χ2n) is 2.92. The average molecular weight is 205 g/mol. The zero-order valence-corrected chi connectivity index (χ0v) is 8.56. The van der Waals surface area contributed by atoms with E-state index >= 15 is 0 Å². The molecule has 0 aromatic carbocycles. The van der Waals surface area contributed by atoms with E-state index in [1.807, 2.05) is 0 Å². The van der Waals surface area contributed by atoms with Crippen molar-refractivity contribution in [1.82, 2.24) is 4.98 Å². The lowest BCUT2D eigenvalue weighted by atomic mass is 10.1. The van der Waals surface area contributed by atoms with E-state index in [9.17, 15) is 9.59 Å². The topological polar surface area (TPSA) is 56.3 Å². The van der Waals surface area contributed by atoms with Gasteiger partial charge in [-0.25, -0.2) is 4.79 Å². The quantitative estimate of drug-likeness (QED) is 0.426. The van der Waals surface area contributed by atoms with Crippen molar-refractivity contribution in [2.75, 3.05) is 7.11 Å². The summed E-state index contributed by atoms with van der Waals surface area (Å²) >= 11 is 0. The number of esters is 1. The number of Topliss-reactive ketones (excluding diaryl/α,β-unsaturated/α-hetero) is 1. The number of carbonyl (C=O) groups excluding carboxylic acids is 2. The monoisotopic (exact) mass is 205 g/mol. The van der Waals surface area contributed by atoms with Crippen LogP contribution in [0.2, 0.25) is 0 Å². The van der Waals surface area contributed by atoms with Crippen LogP contribution in [0.1, 0.15) is 22.8 Å². The van der Waals surface area contributed by atoms with E-state index in [4.69, 9.17) is 0 Å². The van der Waals surface area contributed by atoms with Crippen molar-refractivity contribution >= 4 is 17.8 Å². The van der Waals surface area contributed by atoms with Gasteiger partial charge >= 0.3 is 5.97 Å². The molecule has 0 saturated heterocycles. The zero-order valence-electron chi connectivity index (χ0n) is 8.56. The highest BCUT2D eigenvalue weighted by atomic mass is 16.5. The number of hydrogen-bond donors (Lipinski definition) is 0. The highest BCUT2D eigenvalue weighted by Crippen LogP contribution is 2.05. The number of ether oxygens (including phenoxy) is 1. The number of hydrogen-bond acceptors (Lipinski definition) is 4. The van der Waals surface area contributed by atoms with Crippen LogP contribution in [0.3, 0.4) is 0 Å². The molecule has 0 spiro atoms. The van der Waals surface area contributed by atoms with Crippen molar-refractivity contribution in [3.8, 4) is 0 Å². The van der Waals surface area contributed by atoms with Crippen molar-refractivity contribution in [1.29, 1.82) is 0 Å². The number of carbonyl (C=O) groups is 2. The molecular formula is C11H11NO3. The lowest BCUT2D eigenvalue weighted by Crippen LogP contribution is -1.95. The molecule has 0 fully saturated rings. The van der Waals surface area contributed by atoms with Gasteiger partial charge in [0.15, 0.2) is 5.78 Å². The van der Waals surface area contributed by atoms with Crippen LogP contribution in [0.4, 0.5) is 0 Å². The summed E-state index contributed by atoms with van der Waals surface area (Å²) in [6.45, 7) is 1.46. The fraction of sp³-hybridized carbons (Fsp3) is 0.182. The third-order valence-corrected chi connectivity index (χ3v) is 1.78. The standard InChI is InChI=1S/C11H11NO3/c1-8(13)10-5-9(6-12-7-10)3-4-11(14)15-2/h3-7H,1-2H3. The van der Waals surface area contributed by atoms with Crippen LogP contribution in [-0.2, 0) is 9.53 Å². The van der Waals surface area contributed by atoms with Crippen LogP contribution in [-0.4, -0.2) is 23.8 Å². The summed E-state index contributed by atoms with van der Waals surface area (Å²) < 4.78 is 4.44. The highest BCUT2D eigenvalue weighted by molar-refractivity contribution is 5.94. The number of methoxy groups -OCH3 is 1. The summed E-state index contributed by atoms with van der Waals surface area (Å²) in [6, 6.07) is 1.66. The van der Waals surface area contributed by atoms with Gasteiger partial charge in [-0.3, -0.25) is 9.78 Å². The van der Waals surface area contributed by atoms with E-state index in [0.29, 0.717) is 11.1 Å². The molecule has 1 aromatic heterocycles. The molecule has 1 rings (SSSR count). The molecule has 0 bridgehead atoms. The third-order valence-electron chi connectivity index (χ3n) is 1.78. The number of nitrogens with zero attached hydrogens (tertiary/aromatic N) is 1. The molecule has 1 aromatic rings. The molecule has 0 aliphatic rings. The first-order valence-corrected chi connectivity index (χ1v) is 4.35. The van der Waals surface area contributed by atoms with E-state index in [1.54, 1.807) is 18.3 Å². The molecule has 0 radical (unpaired) electrons. The number of rotatable bonds is 3. The van der Waals surface area contributed by atoms with Crippen LogP contribution in [0.25, 0.3) is 6.08 Å². The molecule has 0 N–H and O–H groups in total. The Morgan fingerprint density at radius 1 is 1.40 bits per heavy atom. The summed E-state index contributed by atoms with van der Waals surface area (Å²) in [7, 11) is 1.30. The largest absolute Gasteiger partial charge is 0.466 e. The van der Waals surface area contributed by atoms with Crippen LogP contribution >= 0.6 is 0 Å². The predicted octanol–water partition coefficient (Wildman–Crippen LogP) is 1.47. The Bertz CT molecular complexity index is 410. The van der Waals surface area contributed by atoms with Crippen LogP contribution in [0, 0.1) is 0 Å². The van der Waals surface area contributed by atoms with Gasteiger partial charge in [0.25, 0.3) is 0 Å². The normalized spacial score (nSPS) is 10.3. The molecule has 0 aliphatic carbocycles. The minimum Gasteiger partial charge on any atom is -0.466 e. The van der Waals surface area contributed by atoms with Crippen LogP contribution in [0.5, 0.6) is 0 Å². The lowest BCUT2D eigenvalue weighted by molar-refractivity contribution is -0.134. The molecule has 0 saturated carbocycles. The van der Waals surface area contributed by atoms with Gasteiger partial charge in [-0.15, -0.1) is 0 Å². The molecule has 4 nitrogen and oxygen atoms in total. The van der Waals surface area contributed by atoms with Crippen molar-refractivity contribution in [2.24, 2.45) is 0 Å². The average Bonchev–Trinajstić information content (AvgIpc) is 2.26. The van der Waals surface area contributed by atoms with E-state index in [2.05, 4.69) is 9.72 Å². The second kappa shape index (κ2) is 5.05. The van der Waals surface area contributed by atoms with Gasteiger partial charge in [-0.2, -0.15) is 0 Å². The van der Waals surface area contributed by atoms with Gasteiger partial charge in [-0.05, 0) is 24.6 Å². The summed E-state index contributed by atoms with van der Waals surface area (Å²) in [5.41, 5.74) is 1.20. The summed E-state index contributed by atoms with van der Waals surface area (Å²) in [5, 5.41) is 0. The molecule has 1 heterocycles. The smallest absolute Gasteiger partial charge is 0.330 e. The second-order valence-corrected chi connectivity index (χ2v) is 2.92. The van der Waals surface area contributed by atoms with Crippen molar-refractivity contribution in [3.05, 3.63) is 35.7 Å². The van der Waals surface area contributed by atoms with Crippen LogP contribution < -0.4 is 0 Å².